The Bertz CT molecular complexity index is 1300. The summed E-state index contributed by atoms with van der Waals surface area (Å²) in [5.74, 6) is -0.349. The SMILES string of the molecule is Cc1cc(NC(=O)c2cc(Cl)ccc2[N+](=O)[O-])n(-c2nc(-c3ccc(Cl)cc3)cs2)n1. The van der Waals surface area contributed by atoms with Gasteiger partial charge in [-0.2, -0.15) is 9.78 Å². The summed E-state index contributed by atoms with van der Waals surface area (Å²) in [6.07, 6.45) is 0. The molecular weight excluding hydrogens is 461 g/mol. The van der Waals surface area contributed by atoms with Crippen LogP contribution in [0.1, 0.15) is 16.1 Å². The van der Waals surface area contributed by atoms with Crippen LogP contribution in [0, 0.1) is 17.0 Å². The molecule has 31 heavy (non-hydrogen) atoms. The molecule has 0 unspecified atom stereocenters. The molecule has 156 valence electrons. The number of carbonyl (C=O) groups is 1. The second-order valence-corrected chi connectivity index (χ2v) is 8.19. The van der Waals surface area contributed by atoms with E-state index < -0.39 is 10.8 Å². The predicted octanol–water partition coefficient (Wildman–Crippen LogP) is 5.77. The highest BCUT2D eigenvalue weighted by Gasteiger charge is 2.22. The summed E-state index contributed by atoms with van der Waals surface area (Å²) in [5, 5.41) is 21.6. The van der Waals surface area contributed by atoms with Crippen molar-refractivity contribution < 1.29 is 9.72 Å². The molecule has 1 amide bonds. The minimum Gasteiger partial charge on any atom is -0.306 e. The summed E-state index contributed by atoms with van der Waals surface area (Å²) >= 11 is 13.2. The number of rotatable bonds is 5. The van der Waals surface area contributed by atoms with Gasteiger partial charge < -0.3 is 5.32 Å². The zero-order chi connectivity index (χ0) is 22.1. The van der Waals surface area contributed by atoms with Crippen LogP contribution >= 0.6 is 34.5 Å². The topological polar surface area (TPSA) is 103 Å². The molecule has 0 bridgehead atoms. The van der Waals surface area contributed by atoms with Gasteiger partial charge in [0, 0.05) is 33.1 Å². The van der Waals surface area contributed by atoms with Crippen LogP contribution in [0.3, 0.4) is 0 Å². The smallest absolute Gasteiger partial charge is 0.282 e. The quantitative estimate of drug-likeness (QED) is 0.292. The summed E-state index contributed by atoms with van der Waals surface area (Å²) in [6, 6.07) is 12.7. The van der Waals surface area contributed by atoms with Crippen LogP contribution in [0.4, 0.5) is 11.5 Å². The largest absolute Gasteiger partial charge is 0.306 e. The fourth-order valence-corrected chi connectivity index (χ4v) is 3.98. The average molecular weight is 474 g/mol. The zero-order valence-electron chi connectivity index (χ0n) is 15.9. The average Bonchev–Trinajstić information content (AvgIpc) is 3.35. The van der Waals surface area contributed by atoms with Crippen molar-refractivity contribution in [3.8, 4) is 16.4 Å². The van der Waals surface area contributed by atoms with Gasteiger partial charge in [-0.05, 0) is 31.2 Å². The molecule has 0 radical (unpaired) electrons. The minimum atomic E-state index is -0.676. The highest BCUT2D eigenvalue weighted by molar-refractivity contribution is 7.12. The second-order valence-electron chi connectivity index (χ2n) is 6.48. The summed E-state index contributed by atoms with van der Waals surface area (Å²) in [5.41, 5.74) is 1.76. The maximum absolute atomic E-state index is 12.8. The zero-order valence-corrected chi connectivity index (χ0v) is 18.2. The van der Waals surface area contributed by atoms with Crippen molar-refractivity contribution in [2.75, 3.05) is 5.32 Å². The number of aryl methyl sites for hydroxylation is 1. The molecule has 11 heteroatoms. The number of benzene rings is 2. The third-order valence-corrected chi connectivity index (χ3v) is 5.59. The molecule has 0 fully saturated rings. The van der Waals surface area contributed by atoms with E-state index in [2.05, 4.69) is 15.4 Å². The van der Waals surface area contributed by atoms with Crippen LogP contribution in [0.15, 0.2) is 53.9 Å². The Kier molecular flexibility index (Phi) is 5.73. The van der Waals surface area contributed by atoms with Crippen molar-refractivity contribution in [1.29, 1.82) is 0 Å². The van der Waals surface area contributed by atoms with E-state index >= 15 is 0 Å². The van der Waals surface area contributed by atoms with E-state index in [0.29, 0.717) is 21.7 Å². The Balaban J connectivity index is 1.66. The van der Waals surface area contributed by atoms with E-state index in [1.54, 1.807) is 25.1 Å². The lowest BCUT2D eigenvalue weighted by atomic mass is 10.1. The van der Waals surface area contributed by atoms with Gasteiger partial charge in [0.2, 0.25) is 5.13 Å². The molecule has 0 aliphatic heterocycles. The maximum atomic E-state index is 12.8. The monoisotopic (exact) mass is 473 g/mol. The molecule has 0 aliphatic carbocycles. The van der Waals surface area contributed by atoms with Crippen molar-refractivity contribution in [1.82, 2.24) is 14.8 Å². The van der Waals surface area contributed by atoms with E-state index in [4.69, 9.17) is 23.2 Å². The Morgan fingerprint density at radius 3 is 2.55 bits per heavy atom. The lowest BCUT2D eigenvalue weighted by Gasteiger charge is -2.07. The Morgan fingerprint density at radius 2 is 1.84 bits per heavy atom. The molecular formula is C20H13Cl2N5O3S. The molecule has 1 N–H and O–H groups in total. The maximum Gasteiger partial charge on any atom is 0.282 e. The predicted molar refractivity (Wildman–Crippen MR) is 120 cm³/mol. The first-order chi connectivity index (χ1) is 14.8. The molecule has 4 aromatic rings. The Morgan fingerprint density at radius 1 is 1.13 bits per heavy atom. The number of hydrogen-bond donors (Lipinski definition) is 1. The normalized spacial score (nSPS) is 10.8. The molecule has 8 nitrogen and oxygen atoms in total. The van der Waals surface area contributed by atoms with Gasteiger partial charge in [0.15, 0.2) is 0 Å². The van der Waals surface area contributed by atoms with Crippen LogP contribution in [0.5, 0.6) is 0 Å². The second kappa shape index (κ2) is 8.46. The molecule has 0 spiro atoms. The summed E-state index contributed by atoms with van der Waals surface area (Å²) < 4.78 is 1.48. The Hall–Kier alpha value is -3.27. The van der Waals surface area contributed by atoms with E-state index in [-0.39, 0.29) is 16.3 Å². The standard InChI is InChI=1S/C20H13Cl2N5O3S/c1-11-8-18(24-19(28)15-9-14(22)6-7-17(15)27(29)30)26(25-11)20-23-16(10-31-20)12-2-4-13(21)5-3-12/h2-10H,1H3,(H,24,28). The van der Waals surface area contributed by atoms with Crippen molar-refractivity contribution in [2.24, 2.45) is 0 Å². The third-order valence-electron chi connectivity index (χ3n) is 4.29. The van der Waals surface area contributed by atoms with Gasteiger partial charge in [0.25, 0.3) is 11.6 Å². The van der Waals surface area contributed by atoms with E-state index in [0.717, 1.165) is 11.3 Å². The number of anilines is 1. The van der Waals surface area contributed by atoms with E-state index in [9.17, 15) is 14.9 Å². The van der Waals surface area contributed by atoms with Gasteiger partial charge >= 0.3 is 0 Å². The third kappa shape index (κ3) is 4.43. The van der Waals surface area contributed by atoms with Gasteiger partial charge in [-0.25, -0.2) is 4.98 Å². The van der Waals surface area contributed by atoms with Gasteiger partial charge in [0.1, 0.15) is 11.4 Å². The number of halogens is 2. The van der Waals surface area contributed by atoms with Crippen molar-refractivity contribution in [3.05, 3.63) is 85.3 Å². The summed E-state index contributed by atoms with van der Waals surface area (Å²) in [6.45, 7) is 1.77. The van der Waals surface area contributed by atoms with Gasteiger partial charge in [-0.3, -0.25) is 14.9 Å². The van der Waals surface area contributed by atoms with Crippen LogP contribution in [-0.4, -0.2) is 25.6 Å². The first kappa shape index (κ1) is 21.0. The van der Waals surface area contributed by atoms with E-state index in [1.807, 2.05) is 17.5 Å². The van der Waals surface area contributed by atoms with Gasteiger partial charge in [-0.1, -0.05) is 35.3 Å². The van der Waals surface area contributed by atoms with E-state index in [1.165, 1.54) is 34.2 Å². The minimum absolute atomic E-state index is 0.149. The number of nitrogens with zero attached hydrogens (tertiary/aromatic N) is 4. The fourth-order valence-electron chi connectivity index (χ4n) is 2.88. The number of nitrogens with one attached hydrogen (secondary N) is 1. The number of carbonyl (C=O) groups excluding carboxylic acids is 1. The van der Waals surface area contributed by atoms with Crippen LogP contribution in [0.25, 0.3) is 16.4 Å². The van der Waals surface area contributed by atoms with Crippen molar-refractivity contribution in [3.63, 3.8) is 0 Å². The number of nitro groups is 1. The molecule has 0 saturated carbocycles. The lowest BCUT2D eigenvalue weighted by Crippen LogP contribution is -2.16. The fraction of sp³-hybridized carbons (Fsp3) is 0.0500. The van der Waals surface area contributed by atoms with Crippen LogP contribution < -0.4 is 5.32 Å². The van der Waals surface area contributed by atoms with Crippen LogP contribution in [-0.2, 0) is 0 Å². The van der Waals surface area contributed by atoms with Crippen molar-refractivity contribution in [2.45, 2.75) is 6.92 Å². The van der Waals surface area contributed by atoms with Gasteiger partial charge in [-0.15, -0.1) is 11.3 Å². The molecule has 2 heterocycles. The summed E-state index contributed by atoms with van der Waals surface area (Å²) in [7, 11) is 0. The molecule has 4 rings (SSSR count). The molecule has 2 aromatic heterocycles. The first-order valence-electron chi connectivity index (χ1n) is 8.85. The molecule has 2 aromatic carbocycles. The van der Waals surface area contributed by atoms with Crippen molar-refractivity contribution >= 4 is 52.0 Å². The molecule has 0 aliphatic rings. The van der Waals surface area contributed by atoms with Gasteiger partial charge in [0.05, 0.1) is 16.3 Å². The first-order valence-corrected chi connectivity index (χ1v) is 10.5. The number of hydrogen-bond acceptors (Lipinski definition) is 6. The highest BCUT2D eigenvalue weighted by atomic mass is 35.5. The molecule has 0 saturated heterocycles. The highest BCUT2D eigenvalue weighted by Crippen LogP contribution is 2.28. The number of thiazole rings is 1. The number of aromatic nitrogens is 3. The lowest BCUT2D eigenvalue weighted by molar-refractivity contribution is -0.385. The number of amides is 1. The van der Waals surface area contributed by atoms with Crippen LogP contribution in [0.2, 0.25) is 10.0 Å². The summed E-state index contributed by atoms with van der Waals surface area (Å²) in [4.78, 5) is 28.0. The number of nitro benzene ring substituents is 1. The Labute approximate surface area is 190 Å². The molecule has 0 atom stereocenters.